The maximum Gasteiger partial charge on any atom is 0.310 e. The van der Waals surface area contributed by atoms with Gasteiger partial charge < -0.3 is 4.74 Å². The molecule has 2 aliphatic heterocycles. The predicted molar refractivity (Wildman–Crippen MR) is 104 cm³/mol. The van der Waals surface area contributed by atoms with Crippen molar-refractivity contribution in [2.45, 2.75) is 56.9 Å². The number of carbonyl (C=O) groups excluding carboxylic acids is 1. The van der Waals surface area contributed by atoms with Crippen LogP contribution >= 0.6 is 0 Å². The molecule has 0 amide bonds. The Kier molecular flexibility index (Phi) is 5.08. The van der Waals surface area contributed by atoms with Crippen LogP contribution in [0.3, 0.4) is 0 Å². The van der Waals surface area contributed by atoms with E-state index in [1.807, 2.05) is 0 Å². The van der Waals surface area contributed by atoms with Crippen LogP contribution in [0.1, 0.15) is 36.3 Å². The number of ether oxygens (including phenoxy) is 1. The lowest BCUT2D eigenvalue weighted by atomic mass is 9.76. The molecule has 3 nitrogen and oxygen atoms in total. The first-order chi connectivity index (χ1) is 11.8. The van der Waals surface area contributed by atoms with Gasteiger partial charge in [-0.3, -0.25) is 9.69 Å². The number of rotatable bonds is 2. The summed E-state index contributed by atoms with van der Waals surface area (Å²) in [5, 5.41) is 0. The smallest absolute Gasteiger partial charge is 0.310 e. The standard InChI is InChI=1S/C21H29NO2Si/c1-22-17-10-11-19(22)20(21(23)24-2)18(14-17)16-8-6-15(7-9-16)12-13-25(3,4)5/h6-9,17-20H,10-11,14H2,1-5H3. The lowest BCUT2D eigenvalue weighted by Crippen LogP contribution is -2.49. The van der Waals surface area contributed by atoms with Gasteiger partial charge in [0.05, 0.1) is 13.0 Å². The first-order valence-corrected chi connectivity index (χ1v) is 12.7. The van der Waals surface area contributed by atoms with Gasteiger partial charge in [0, 0.05) is 23.6 Å². The van der Waals surface area contributed by atoms with E-state index in [1.54, 1.807) is 0 Å². The van der Waals surface area contributed by atoms with Crippen molar-refractivity contribution in [3.63, 3.8) is 0 Å². The molecule has 1 aromatic rings. The number of benzene rings is 1. The number of methoxy groups -OCH3 is 1. The topological polar surface area (TPSA) is 29.5 Å². The molecule has 0 N–H and O–H groups in total. The van der Waals surface area contributed by atoms with E-state index in [0.29, 0.717) is 12.1 Å². The quantitative estimate of drug-likeness (QED) is 0.461. The second kappa shape index (κ2) is 6.97. The predicted octanol–water partition coefficient (Wildman–Crippen LogP) is 3.65. The van der Waals surface area contributed by atoms with Crippen molar-refractivity contribution < 1.29 is 9.53 Å². The summed E-state index contributed by atoms with van der Waals surface area (Å²) in [7, 11) is 2.30. The lowest BCUT2D eigenvalue weighted by molar-refractivity contribution is -0.150. The fourth-order valence-electron chi connectivity index (χ4n) is 4.34. The molecular weight excluding hydrogens is 326 g/mol. The Morgan fingerprint density at radius 3 is 2.48 bits per heavy atom. The molecule has 1 aromatic carbocycles. The Labute approximate surface area is 152 Å². The fraction of sp³-hybridized carbons (Fsp3) is 0.571. The zero-order chi connectivity index (χ0) is 18.2. The SMILES string of the molecule is COC(=O)C1C(c2ccc(C#C[Si](C)(C)C)cc2)CC2CCC1N2C. The summed E-state index contributed by atoms with van der Waals surface area (Å²) in [6, 6.07) is 9.44. The highest BCUT2D eigenvalue weighted by atomic mass is 28.3. The van der Waals surface area contributed by atoms with E-state index in [4.69, 9.17) is 4.74 Å². The van der Waals surface area contributed by atoms with E-state index in [2.05, 4.69) is 67.3 Å². The molecule has 134 valence electrons. The van der Waals surface area contributed by atoms with Gasteiger partial charge in [0.15, 0.2) is 0 Å². The van der Waals surface area contributed by atoms with Crippen LogP contribution in [0.5, 0.6) is 0 Å². The van der Waals surface area contributed by atoms with Crippen molar-refractivity contribution in [1.82, 2.24) is 4.90 Å². The summed E-state index contributed by atoms with van der Waals surface area (Å²) >= 11 is 0. The first kappa shape index (κ1) is 18.2. The Morgan fingerprint density at radius 2 is 1.88 bits per heavy atom. The Morgan fingerprint density at radius 1 is 1.20 bits per heavy atom. The lowest BCUT2D eigenvalue weighted by Gasteiger charge is -2.41. The number of hydrogen-bond donors (Lipinski definition) is 0. The van der Waals surface area contributed by atoms with Crippen LogP contribution in [0.15, 0.2) is 24.3 Å². The number of carbonyl (C=O) groups is 1. The van der Waals surface area contributed by atoms with Crippen LogP contribution in [0.2, 0.25) is 19.6 Å². The number of piperidine rings is 1. The molecule has 0 saturated carbocycles. The molecule has 0 spiro atoms. The van der Waals surface area contributed by atoms with Crippen LogP contribution in [0, 0.1) is 17.4 Å². The molecule has 4 unspecified atom stereocenters. The molecule has 2 saturated heterocycles. The van der Waals surface area contributed by atoms with Crippen LogP contribution in [-0.2, 0) is 9.53 Å². The van der Waals surface area contributed by atoms with Gasteiger partial charge in [-0.05, 0) is 44.0 Å². The van der Waals surface area contributed by atoms with Gasteiger partial charge >= 0.3 is 5.97 Å². The largest absolute Gasteiger partial charge is 0.469 e. The second-order valence-electron chi connectivity index (χ2n) is 8.48. The first-order valence-electron chi connectivity index (χ1n) is 9.23. The van der Waals surface area contributed by atoms with Gasteiger partial charge in [0.25, 0.3) is 0 Å². The van der Waals surface area contributed by atoms with E-state index in [9.17, 15) is 4.79 Å². The second-order valence-corrected chi connectivity index (χ2v) is 13.2. The third kappa shape index (κ3) is 3.83. The van der Waals surface area contributed by atoms with Gasteiger partial charge in [-0.2, -0.15) is 0 Å². The van der Waals surface area contributed by atoms with E-state index in [1.165, 1.54) is 19.1 Å². The summed E-state index contributed by atoms with van der Waals surface area (Å²) in [6.45, 7) is 6.76. The molecule has 3 rings (SSSR count). The van der Waals surface area contributed by atoms with Crippen molar-refractivity contribution in [3.8, 4) is 11.5 Å². The molecule has 0 radical (unpaired) electrons. The van der Waals surface area contributed by atoms with Crippen molar-refractivity contribution in [3.05, 3.63) is 35.4 Å². The maximum atomic E-state index is 12.5. The molecule has 0 aliphatic carbocycles. The van der Waals surface area contributed by atoms with Crippen molar-refractivity contribution in [2.24, 2.45) is 5.92 Å². The highest BCUT2D eigenvalue weighted by Gasteiger charge is 2.49. The molecule has 2 heterocycles. The van der Waals surface area contributed by atoms with Gasteiger partial charge in [0.2, 0.25) is 0 Å². The van der Waals surface area contributed by atoms with Gasteiger partial charge in [0.1, 0.15) is 8.07 Å². The highest BCUT2D eigenvalue weighted by molar-refractivity contribution is 6.83. The van der Waals surface area contributed by atoms with E-state index in [-0.39, 0.29) is 17.8 Å². The summed E-state index contributed by atoms with van der Waals surface area (Å²) in [6.07, 6.45) is 3.31. The van der Waals surface area contributed by atoms with Gasteiger partial charge in [-0.15, -0.1) is 5.54 Å². The zero-order valence-corrected chi connectivity index (χ0v) is 17.0. The monoisotopic (exact) mass is 355 g/mol. The molecule has 2 bridgehead atoms. The maximum absolute atomic E-state index is 12.5. The van der Waals surface area contributed by atoms with Crippen LogP contribution in [0.25, 0.3) is 0 Å². The van der Waals surface area contributed by atoms with E-state index >= 15 is 0 Å². The minimum absolute atomic E-state index is 0.0623. The molecule has 4 heteroatoms. The normalized spacial score (nSPS) is 29.0. The zero-order valence-electron chi connectivity index (χ0n) is 16.0. The molecule has 25 heavy (non-hydrogen) atoms. The Balaban J connectivity index is 1.86. The summed E-state index contributed by atoms with van der Waals surface area (Å²) in [5.41, 5.74) is 5.73. The third-order valence-electron chi connectivity index (χ3n) is 5.66. The highest BCUT2D eigenvalue weighted by Crippen LogP contribution is 2.46. The summed E-state index contributed by atoms with van der Waals surface area (Å²) < 4.78 is 5.16. The molecule has 0 aromatic heterocycles. The molecule has 4 atom stereocenters. The summed E-state index contributed by atoms with van der Waals surface area (Å²) in [4.78, 5) is 14.9. The number of esters is 1. The van der Waals surface area contributed by atoms with E-state index in [0.717, 1.165) is 18.4 Å². The van der Waals surface area contributed by atoms with Gasteiger partial charge in [-0.1, -0.05) is 37.7 Å². The van der Waals surface area contributed by atoms with Gasteiger partial charge in [-0.25, -0.2) is 0 Å². The number of nitrogens with zero attached hydrogens (tertiary/aromatic N) is 1. The fourth-order valence-corrected chi connectivity index (χ4v) is 4.86. The number of fused-ring (bicyclic) bond motifs is 2. The van der Waals surface area contributed by atoms with Crippen molar-refractivity contribution in [2.75, 3.05) is 14.2 Å². The third-order valence-corrected chi connectivity index (χ3v) is 6.54. The Hall–Kier alpha value is -1.57. The molecule has 2 fully saturated rings. The van der Waals surface area contributed by atoms with Crippen LogP contribution in [0.4, 0.5) is 0 Å². The van der Waals surface area contributed by atoms with Crippen LogP contribution < -0.4 is 0 Å². The minimum Gasteiger partial charge on any atom is -0.469 e. The number of hydrogen-bond acceptors (Lipinski definition) is 3. The van der Waals surface area contributed by atoms with Crippen molar-refractivity contribution >= 4 is 14.0 Å². The minimum atomic E-state index is -1.36. The van der Waals surface area contributed by atoms with E-state index < -0.39 is 8.07 Å². The average molecular weight is 356 g/mol. The molecular formula is C21H29NO2Si. The average Bonchev–Trinajstić information content (AvgIpc) is 2.82. The summed E-state index contributed by atoms with van der Waals surface area (Å²) in [5.74, 6) is 3.43. The Bertz CT molecular complexity index is 695. The van der Waals surface area contributed by atoms with Crippen molar-refractivity contribution in [1.29, 1.82) is 0 Å². The molecule has 2 aliphatic rings. The van der Waals surface area contributed by atoms with Crippen LogP contribution in [-0.4, -0.2) is 45.2 Å².